The lowest BCUT2D eigenvalue weighted by Gasteiger charge is -2.37. The number of hydrogen-bond donors (Lipinski definition) is 3. The summed E-state index contributed by atoms with van der Waals surface area (Å²) >= 11 is 0. The fourth-order valence-corrected chi connectivity index (χ4v) is 5.06. The summed E-state index contributed by atoms with van der Waals surface area (Å²) in [6.45, 7) is 4.08. The SMILES string of the molecule is CC(O)(CC1CCC(N2CCCC2)CC1)NC(=O)c1cc2ccccc2[nH]c1=O.Cl. The molecule has 2 heterocycles. The van der Waals surface area contributed by atoms with Crippen molar-refractivity contribution >= 4 is 29.2 Å². The van der Waals surface area contributed by atoms with Gasteiger partial charge in [-0.15, -0.1) is 12.4 Å². The van der Waals surface area contributed by atoms with E-state index >= 15 is 0 Å². The maximum Gasteiger partial charge on any atom is 0.261 e. The number of para-hydroxylation sites is 1. The lowest BCUT2D eigenvalue weighted by molar-refractivity contribution is -0.00440. The van der Waals surface area contributed by atoms with Crippen LogP contribution in [0.1, 0.15) is 62.2 Å². The summed E-state index contributed by atoms with van der Waals surface area (Å²) in [5.41, 5.74) is -1.05. The molecule has 0 radical (unpaired) electrons. The summed E-state index contributed by atoms with van der Waals surface area (Å²) in [5, 5.41) is 14.3. The fourth-order valence-electron chi connectivity index (χ4n) is 5.06. The first-order valence-electron chi connectivity index (χ1n) is 10.8. The van der Waals surface area contributed by atoms with Crippen molar-refractivity contribution in [3.63, 3.8) is 0 Å². The molecule has 1 aliphatic heterocycles. The summed E-state index contributed by atoms with van der Waals surface area (Å²) in [6, 6.07) is 9.61. The van der Waals surface area contributed by atoms with E-state index in [0.29, 0.717) is 23.9 Å². The number of H-pyrrole nitrogens is 1. The van der Waals surface area contributed by atoms with Crippen LogP contribution in [-0.2, 0) is 0 Å². The number of aliphatic hydroxyl groups is 1. The minimum absolute atomic E-state index is 0. The number of rotatable bonds is 5. The first-order valence-corrected chi connectivity index (χ1v) is 10.8. The average Bonchev–Trinajstić information content (AvgIpc) is 3.22. The fraction of sp³-hybridized carbons (Fsp3) is 0.565. The van der Waals surface area contributed by atoms with Crippen LogP contribution < -0.4 is 10.9 Å². The number of benzene rings is 1. The van der Waals surface area contributed by atoms with Gasteiger partial charge in [-0.1, -0.05) is 18.2 Å². The molecule has 1 aliphatic carbocycles. The number of hydrogen-bond acceptors (Lipinski definition) is 4. The van der Waals surface area contributed by atoms with Gasteiger partial charge in [0.2, 0.25) is 0 Å². The van der Waals surface area contributed by atoms with Crippen molar-refractivity contribution < 1.29 is 9.90 Å². The highest BCUT2D eigenvalue weighted by Gasteiger charge is 2.33. The predicted octanol–water partition coefficient (Wildman–Crippen LogP) is 3.43. The molecule has 7 heteroatoms. The highest BCUT2D eigenvalue weighted by molar-refractivity contribution is 5.97. The molecule has 2 aromatic rings. The van der Waals surface area contributed by atoms with Crippen LogP contribution in [0.4, 0.5) is 0 Å². The molecule has 2 aliphatic rings. The lowest BCUT2D eigenvalue weighted by Crippen LogP contribution is -2.49. The van der Waals surface area contributed by atoms with Crippen molar-refractivity contribution in [2.24, 2.45) is 5.92 Å². The Labute approximate surface area is 183 Å². The van der Waals surface area contributed by atoms with Crippen molar-refractivity contribution in [3.8, 4) is 0 Å². The summed E-state index contributed by atoms with van der Waals surface area (Å²) in [7, 11) is 0. The Morgan fingerprint density at radius 2 is 1.87 bits per heavy atom. The van der Waals surface area contributed by atoms with Crippen LogP contribution in [0, 0.1) is 5.92 Å². The predicted molar refractivity (Wildman–Crippen MR) is 121 cm³/mol. The van der Waals surface area contributed by atoms with Crippen LogP contribution in [0.25, 0.3) is 10.9 Å². The van der Waals surface area contributed by atoms with E-state index in [0.717, 1.165) is 18.2 Å². The molecule has 3 N–H and O–H groups in total. The van der Waals surface area contributed by atoms with E-state index in [1.165, 1.54) is 38.8 Å². The van der Waals surface area contributed by atoms with Crippen LogP contribution in [0.15, 0.2) is 35.1 Å². The van der Waals surface area contributed by atoms with Gasteiger partial charge in [-0.05, 0) is 88.4 Å². The van der Waals surface area contributed by atoms with Crippen molar-refractivity contribution in [2.75, 3.05) is 13.1 Å². The van der Waals surface area contributed by atoms with E-state index in [9.17, 15) is 14.7 Å². The van der Waals surface area contributed by atoms with Crippen LogP contribution in [0.3, 0.4) is 0 Å². The van der Waals surface area contributed by atoms with Crippen LogP contribution in [0.2, 0.25) is 0 Å². The Bertz CT molecular complexity index is 929. The second-order valence-corrected chi connectivity index (χ2v) is 8.95. The number of halogens is 1. The lowest BCUT2D eigenvalue weighted by atomic mass is 9.81. The second kappa shape index (κ2) is 9.50. The van der Waals surface area contributed by atoms with Gasteiger partial charge in [-0.2, -0.15) is 0 Å². The molecule has 0 spiro atoms. The van der Waals surface area contributed by atoms with E-state index in [2.05, 4.69) is 15.2 Å². The third kappa shape index (κ3) is 5.23. The van der Waals surface area contributed by atoms with Gasteiger partial charge in [0.25, 0.3) is 11.5 Å². The molecule has 30 heavy (non-hydrogen) atoms. The molecule has 1 saturated carbocycles. The maximum atomic E-state index is 12.7. The summed E-state index contributed by atoms with van der Waals surface area (Å²) in [6.07, 6.45) is 7.62. The van der Waals surface area contributed by atoms with Crippen LogP contribution in [0.5, 0.6) is 0 Å². The number of aromatic amines is 1. The standard InChI is InChI=1S/C23H31N3O3.ClH/c1-23(29,15-16-8-10-18(11-9-16)26-12-4-5-13-26)25-22(28)19-14-17-6-2-3-7-20(17)24-21(19)27;/h2-3,6-7,14,16,18,29H,4-5,8-13,15H2,1H3,(H,24,27)(H,25,28);1H. The minimum Gasteiger partial charge on any atom is -0.371 e. The van der Waals surface area contributed by atoms with E-state index in [-0.39, 0.29) is 18.0 Å². The van der Waals surface area contributed by atoms with Gasteiger partial charge >= 0.3 is 0 Å². The van der Waals surface area contributed by atoms with Crippen molar-refractivity contribution in [3.05, 3.63) is 46.2 Å². The highest BCUT2D eigenvalue weighted by Crippen LogP contribution is 2.33. The second-order valence-electron chi connectivity index (χ2n) is 8.95. The molecular weight excluding hydrogens is 402 g/mol. The Balaban J connectivity index is 0.00000256. The molecular formula is C23H32ClN3O3. The molecule has 1 atom stereocenters. The number of nitrogens with one attached hydrogen (secondary N) is 2. The number of fused-ring (bicyclic) bond motifs is 1. The minimum atomic E-state index is -1.33. The topological polar surface area (TPSA) is 85.4 Å². The molecule has 1 aromatic heterocycles. The van der Waals surface area contributed by atoms with Gasteiger partial charge in [0.05, 0.1) is 0 Å². The monoisotopic (exact) mass is 433 g/mol. The van der Waals surface area contributed by atoms with E-state index in [1.54, 1.807) is 19.1 Å². The normalized spacial score (nSPS) is 24.2. The molecule has 1 unspecified atom stereocenters. The number of aromatic nitrogens is 1. The summed E-state index contributed by atoms with van der Waals surface area (Å²) in [5.74, 6) is -0.146. The number of amides is 1. The number of pyridine rings is 1. The zero-order chi connectivity index (χ0) is 20.4. The zero-order valence-corrected chi connectivity index (χ0v) is 18.3. The molecule has 2 fully saturated rings. The summed E-state index contributed by atoms with van der Waals surface area (Å²) < 4.78 is 0. The smallest absolute Gasteiger partial charge is 0.261 e. The Morgan fingerprint density at radius 3 is 2.57 bits per heavy atom. The number of carbonyl (C=O) groups excluding carboxylic acids is 1. The first-order chi connectivity index (χ1) is 13.9. The van der Waals surface area contributed by atoms with Gasteiger partial charge in [0.1, 0.15) is 11.3 Å². The van der Waals surface area contributed by atoms with Gasteiger partial charge in [0.15, 0.2) is 0 Å². The van der Waals surface area contributed by atoms with Gasteiger partial charge < -0.3 is 20.3 Å². The molecule has 4 rings (SSSR count). The van der Waals surface area contributed by atoms with Gasteiger partial charge in [-0.3, -0.25) is 9.59 Å². The molecule has 6 nitrogen and oxygen atoms in total. The number of nitrogens with zero attached hydrogens (tertiary/aromatic N) is 1. The molecule has 1 aromatic carbocycles. The van der Waals surface area contributed by atoms with Gasteiger partial charge in [0, 0.05) is 11.6 Å². The third-order valence-corrected chi connectivity index (χ3v) is 6.54. The van der Waals surface area contributed by atoms with E-state index < -0.39 is 17.2 Å². The number of carbonyl (C=O) groups is 1. The molecule has 1 saturated heterocycles. The average molecular weight is 434 g/mol. The van der Waals surface area contributed by atoms with E-state index in [4.69, 9.17) is 0 Å². The van der Waals surface area contributed by atoms with Crippen molar-refractivity contribution in [1.29, 1.82) is 0 Å². The molecule has 0 bridgehead atoms. The Kier molecular flexibility index (Phi) is 7.22. The quantitative estimate of drug-likeness (QED) is 0.630. The van der Waals surface area contributed by atoms with Crippen molar-refractivity contribution in [2.45, 2.75) is 63.6 Å². The van der Waals surface area contributed by atoms with Gasteiger partial charge in [-0.25, -0.2) is 0 Å². The molecule has 164 valence electrons. The highest BCUT2D eigenvalue weighted by atomic mass is 35.5. The summed E-state index contributed by atoms with van der Waals surface area (Å²) in [4.78, 5) is 30.4. The van der Waals surface area contributed by atoms with Crippen LogP contribution in [-0.4, -0.2) is 45.8 Å². The Hall–Kier alpha value is -1.89. The Morgan fingerprint density at radius 1 is 1.20 bits per heavy atom. The largest absolute Gasteiger partial charge is 0.371 e. The van der Waals surface area contributed by atoms with Crippen LogP contribution >= 0.6 is 12.4 Å². The molecule has 1 amide bonds. The van der Waals surface area contributed by atoms with Crippen molar-refractivity contribution in [1.82, 2.24) is 15.2 Å². The number of likely N-dealkylation sites (tertiary alicyclic amines) is 1. The first kappa shape index (κ1) is 22.8. The van der Waals surface area contributed by atoms with E-state index in [1.807, 2.05) is 18.2 Å². The third-order valence-electron chi connectivity index (χ3n) is 6.54. The zero-order valence-electron chi connectivity index (χ0n) is 17.5. The maximum absolute atomic E-state index is 12.7.